The second kappa shape index (κ2) is 15.6. The molecule has 0 fully saturated rings. The molecule has 3 rings (SSSR count). The normalized spacial score (nSPS) is 13.3. The van der Waals surface area contributed by atoms with Crippen LogP contribution in [0.15, 0.2) is 47.4 Å². The molecule has 3 N–H and O–H groups in total. The van der Waals surface area contributed by atoms with Gasteiger partial charge in [-0.05, 0) is 69.3 Å². The first-order valence-corrected chi connectivity index (χ1v) is 14.2. The molecule has 0 bridgehead atoms. The first-order chi connectivity index (χ1) is 21.6. The number of aryl methyl sites for hydroxylation is 2. The third-order valence-corrected chi connectivity index (χ3v) is 7.15. The van der Waals surface area contributed by atoms with E-state index < -0.39 is 54.7 Å². The van der Waals surface area contributed by atoms with Crippen LogP contribution in [0.2, 0.25) is 0 Å². The number of hydrogen-bond donors (Lipinski definition) is 3. The lowest BCUT2D eigenvalue weighted by atomic mass is 10.1. The number of ketones is 1. The number of pyridine rings is 1. The quantitative estimate of drug-likeness (QED) is 0.128. The molecule has 250 valence electrons. The Labute approximate surface area is 261 Å². The monoisotopic (exact) mass is 652 g/mol. The molecule has 0 aliphatic carbocycles. The molecule has 0 saturated heterocycles. The third kappa shape index (κ3) is 9.97. The van der Waals surface area contributed by atoms with Crippen LogP contribution < -0.4 is 16.2 Å². The Bertz CT molecular complexity index is 1650. The van der Waals surface area contributed by atoms with Crippen molar-refractivity contribution in [2.24, 2.45) is 7.05 Å². The van der Waals surface area contributed by atoms with Gasteiger partial charge in [-0.1, -0.05) is 6.08 Å². The first-order valence-electron chi connectivity index (χ1n) is 14.2. The van der Waals surface area contributed by atoms with Crippen LogP contribution in [0.3, 0.4) is 0 Å². The van der Waals surface area contributed by atoms with Gasteiger partial charge in [0.1, 0.15) is 29.6 Å². The van der Waals surface area contributed by atoms with E-state index in [1.165, 1.54) is 53.8 Å². The van der Waals surface area contributed by atoms with Crippen molar-refractivity contribution in [2.45, 2.75) is 57.1 Å². The number of nitrogens with one attached hydrogen (secondary N) is 2. The molecule has 2 atom stereocenters. The number of nitrogens with zero attached hydrogens (tertiary/aromatic N) is 4. The number of rotatable bonds is 15. The molecule has 2 unspecified atom stereocenters. The highest BCUT2D eigenvalue weighted by atomic mass is 19.4. The summed E-state index contributed by atoms with van der Waals surface area (Å²) in [5.74, 6) is -1.51. The van der Waals surface area contributed by atoms with Crippen molar-refractivity contribution in [3.63, 3.8) is 0 Å². The van der Waals surface area contributed by atoms with Gasteiger partial charge in [0.15, 0.2) is 5.78 Å². The molecule has 12 nitrogen and oxygen atoms in total. The highest BCUT2D eigenvalue weighted by Crippen LogP contribution is 2.27. The summed E-state index contributed by atoms with van der Waals surface area (Å²) in [6, 6.07) is 3.67. The number of alkyl halides is 3. The fourth-order valence-corrected chi connectivity index (χ4v) is 4.72. The number of allylic oxidation sites excluding steroid dienone is 2. The number of amides is 2. The Hall–Kier alpha value is -4.57. The SMILES string of the molecule is COC(CC(=O)/C=C/CCC(NC(=O)O)C(=O)Nc1cccn(Cc2nc3c(CCC(F)(F)F)cc(F)cc3n2C)c1=O)N(C)C. The lowest BCUT2D eigenvalue weighted by Crippen LogP contribution is -2.44. The van der Waals surface area contributed by atoms with Gasteiger partial charge in [-0.15, -0.1) is 0 Å². The summed E-state index contributed by atoms with van der Waals surface area (Å²) >= 11 is 0. The molecule has 2 heterocycles. The number of hydrogen-bond acceptors (Lipinski definition) is 7. The summed E-state index contributed by atoms with van der Waals surface area (Å²) in [4.78, 5) is 55.9. The van der Waals surface area contributed by atoms with E-state index in [2.05, 4.69) is 15.6 Å². The van der Waals surface area contributed by atoms with Crippen molar-refractivity contribution < 1.29 is 41.8 Å². The van der Waals surface area contributed by atoms with Gasteiger partial charge in [0, 0.05) is 26.8 Å². The zero-order valence-corrected chi connectivity index (χ0v) is 25.7. The van der Waals surface area contributed by atoms with Gasteiger partial charge in [0.05, 0.1) is 24.0 Å². The van der Waals surface area contributed by atoms with E-state index in [9.17, 15) is 41.8 Å². The first kappa shape index (κ1) is 35.9. The topological polar surface area (TPSA) is 148 Å². The number of imidazole rings is 1. The average Bonchev–Trinajstić information content (AvgIpc) is 3.27. The van der Waals surface area contributed by atoms with Gasteiger partial charge in [-0.25, -0.2) is 14.2 Å². The lowest BCUT2D eigenvalue weighted by molar-refractivity contribution is -0.134. The summed E-state index contributed by atoms with van der Waals surface area (Å²) in [5, 5.41) is 13.8. The number of methoxy groups -OCH3 is 1. The molecular formula is C30H36F4N6O6. The smallest absolute Gasteiger partial charge is 0.405 e. The highest BCUT2D eigenvalue weighted by molar-refractivity contribution is 5.96. The van der Waals surface area contributed by atoms with Gasteiger partial charge in [0.25, 0.3) is 5.56 Å². The molecular weight excluding hydrogens is 616 g/mol. The third-order valence-electron chi connectivity index (χ3n) is 7.15. The van der Waals surface area contributed by atoms with Gasteiger partial charge >= 0.3 is 12.3 Å². The maximum atomic E-state index is 14.3. The van der Waals surface area contributed by atoms with E-state index >= 15 is 0 Å². The van der Waals surface area contributed by atoms with E-state index in [-0.39, 0.29) is 59.7 Å². The zero-order chi connectivity index (χ0) is 34.2. The molecule has 0 aliphatic heterocycles. The summed E-state index contributed by atoms with van der Waals surface area (Å²) < 4.78 is 60.6. The van der Waals surface area contributed by atoms with Crippen molar-refractivity contribution in [3.8, 4) is 0 Å². The van der Waals surface area contributed by atoms with Crippen molar-refractivity contribution in [1.29, 1.82) is 0 Å². The Morgan fingerprint density at radius 2 is 1.93 bits per heavy atom. The molecule has 2 amide bonds. The van der Waals surface area contributed by atoms with Crippen LogP contribution in [0.1, 0.15) is 37.1 Å². The molecule has 0 spiro atoms. The van der Waals surface area contributed by atoms with E-state index in [0.29, 0.717) is 0 Å². The standard InChI is InChI=1S/C30H36F4N6O6/c1-38(2)25(46-4)16-20(41)8-5-6-9-21(36-29(44)45)27(42)35-22-10-7-13-40(28(22)43)17-24-37-26-18(11-12-30(32,33)34)14-19(31)15-23(26)39(24)3/h5,7-8,10,13-15,21,25,36H,6,9,11-12,16-17H2,1-4H3,(H,35,42)(H,44,45)/b8-5+. The van der Waals surface area contributed by atoms with Crippen LogP contribution in [0, 0.1) is 5.82 Å². The average molecular weight is 653 g/mol. The van der Waals surface area contributed by atoms with Gasteiger partial charge in [0.2, 0.25) is 5.91 Å². The molecule has 0 radical (unpaired) electrons. The predicted molar refractivity (Wildman–Crippen MR) is 161 cm³/mol. The minimum atomic E-state index is -4.44. The van der Waals surface area contributed by atoms with E-state index in [1.54, 1.807) is 19.0 Å². The summed E-state index contributed by atoms with van der Waals surface area (Å²) in [6.07, 6.45) is -3.45. The van der Waals surface area contributed by atoms with Crippen LogP contribution in [-0.4, -0.2) is 81.6 Å². The maximum absolute atomic E-state index is 14.3. The van der Waals surface area contributed by atoms with Crippen molar-refractivity contribution in [1.82, 2.24) is 24.3 Å². The van der Waals surface area contributed by atoms with E-state index in [1.807, 2.05) is 0 Å². The van der Waals surface area contributed by atoms with Crippen LogP contribution in [-0.2, 0) is 34.3 Å². The number of carbonyl (C=O) groups is 3. The van der Waals surface area contributed by atoms with E-state index in [4.69, 9.17) is 4.74 Å². The maximum Gasteiger partial charge on any atom is 0.405 e. The minimum Gasteiger partial charge on any atom is -0.465 e. The molecule has 3 aromatic rings. The number of carbonyl (C=O) groups excluding carboxylic acids is 2. The van der Waals surface area contributed by atoms with Gasteiger partial charge < -0.3 is 29.6 Å². The largest absolute Gasteiger partial charge is 0.465 e. The van der Waals surface area contributed by atoms with Crippen LogP contribution in [0.5, 0.6) is 0 Å². The number of ether oxygens (including phenoxy) is 1. The molecule has 1 aromatic carbocycles. The fraction of sp³-hybridized carbons (Fsp3) is 0.433. The minimum absolute atomic E-state index is 0.0165. The number of halogens is 4. The highest BCUT2D eigenvalue weighted by Gasteiger charge is 2.28. The predicted octanol–water partition coefficient (Wildman–Crippen LogP) is 3.82. The molecule has 0 saturated carbocycles. The van der Waals surface area contributed by atoms with Crippen molar-refractivity contribution >= 4 is 34.5 Å². The van der Waals surface area contributed by atoms with Crippen LogP contribution in [0.4, 0.5) is 28.0 Å². The van der Waals surface area contributed by atoms with Gasteiger partial charge in [-0.3, -0.25) is 19.3 Å². The fourth-order valence-electron chi connectivity index (χ4n) is 4.72. The number of fused-ring (bicyclic) bond motifs is 1. The van der Waals surface area contributed by atoms with Gasteiger partial charge in [-0.2, -0.15) is 13.2 Å². The van der Waals surface area contributed by atoms with Crippen LogP contribution in [0.25, 0.3) is 11.0 Å². The number of benzene rings is 1. The van der Waals surface area contributed by atoms with Crippen molar-refractivity contribution in [2.75, 3.05) is 26.5 Å². The molecule has 0 aliphatic rings. The number of carboxylic acid groups (broad SMARTS) is 1. The van der Waals surface area contributed by atoms with Crippen molar-refractivity contribution in [3.05, 3.63) is 70.2 Å². The number of anilines is 1. The Balaban J connectivity index is 1.75. The molecule has 2 aromatic heterocycles. The Morgan fingerprint density at radius 1 is 1.22 bits per heavy atom. The molecule has 46 heavy (non-hydrogen) atoms. The second-order valence-electron chi connectivity index (χ2n) is 10.8. The lowest BCUT2D eigenvalue weighted by Gasteiger charge is -2.21. The summed E-state index contributed by atoms with van der Waals surface area (Å²) in [5.41, 5.74) is -0.333. The summed E-state index contributed by atoms with van der Waals surface area (Å²) in [7, 11) is 6.54. The number of aromatic nitrogens is 3. The van der Waals surface area contributed by atoms with Crippen LogP contribution >= 0.6 is 0 Å². The molecule has 16 heteroatoms. The summed E-state index contributed by atoms with van der Waals surface area (Å²) in [6.45, 7) is -0.165. The zero-order valence-electron chi connectivity index (χ0n) is 25.7. The second-order valence-corrected chi connectivity index (χ2v) is 10.8. The Kier molecular flexibility index (Phi) is 12.2. The van der Waals surface area contributed by atoms with E-state index in [0.717, 1.165) is 12.1 Å². The Morgan fingerprint density at radius 3 is 2.57 bits per heavy atom.